The summed E-state index contributed by atoms with van der Waals surface area (Å²) < 4.78 is 2.07. The Balaban J connectivity index is 2.20. The van der Waals surface area contributed by atoms with Gasteiger partial charge < -0.3 is 0 Å². The molecule has 0 N–H and O–H groups in total. The van der Waals surface area contributed by atoms with Crippen molar-refractivity contribution in [3.8, 4) is 22.7 Å². The third-order valence-corrected chi connectivity index (χ3v) is 4.82. The highest BCUT2D eigenvalue weighted by molar-refractivity contribution is 7.15. The Bertz CT molecular complexity index is 844. The van der Waals surface area contributed by atoms with Crippen LogP contribution in [0, 0.1) is 11.5 Å². The molecule has 0 aliphatic rings. The summed E-state index contributed by atoms with van der Waals surface area (Å²) in [7, 11) is -1.43. The summed E-state index contributed by atoms with van der Waals surface area (Å²) in [5.41, 5.74) is 6.39. The molecule has 106 valence electrons. The average molecular weight is 331 g/mol. The van der Waals surface area contributed by atoms with Crippen molar-refractivity contribution in [2.75, 3.05) is 0 Å². The zero-order valence-corrected chi connectivity index (χ0v) is 14.7. The molecule has 1 aromatic carbocycles. The normalized spacial score (nSPS) is 11.4. The molecule has 3 aromatic rings. The number of imidazole rings is 1. The van der Waals surface area contributed by atoms with Crippen LogP contribution in [0.2, 0.25) is 24.7 Å². The van der Waals surface area contributed by atoms with Crippen molar-refractivity contribution in [3.63, 3.8) is 0 Å². The summed E-state index contributed by atoms with van der Waals surface area (Å²) in [6, 6.07) is 7.77. The van der Waals surface area contributed by atoms with Crippen LogP contribution >= 0.6 is 22.9 Å². The monoisotopic (exact) mass is 330 g/mol. The van der Waals surface area contributed by atoms with Gasteiger partial charge in [0, 0.05) is 22.2 Å². The minimum absolute atomic E-state index is 0.731. The number of hydrogen-bond donors (Lipinski definition) is 0. The number of rotatable bonds is 1. The van der Waals surface area contributed by atoms with Gasteiger partial charge in [0.25, 0.3) is 0 Å². The van der Waals surface area contributed by atoms with Gasteiger partial charge in [0.1, 0.15) is 19.5 Å². The number of hydrogen-bond acceptors (Lipinski definition) is 2. The molecular formula is C16H15ClN2SSi. The molecule has 21 heavy (non-hydrogen) atoms. The summed E-state index contributed by atoms with van der Waals surface area (Å²) in [4.78, 5) is 5.70. The van der Waals surface area contributed by atoms with Crippen molar-refractivity contribution in [2.24, 2.45) is 0 Å². The number of fused-ring (bicyclic) bond motifs is 1. The van der Waals surface area contributed by atoms with Crippen LogP contribution in [0.1, 0.15) is 5.69 Å². The maximum absolute atomic E-state index is 5.97. The maximum atomic E-state index is 5.97. The van der Waals surface area contributed by atoms with Gasteiger partial charge in [0.2, 0.25) is 0 Å². The Labute approximate surface area is 134 Å². The van der Waals surface area contributed by atoms with E-state index in [0.717, 1.165) is 26.9 Å². The lowest BCUT2D eigenvalue weighted by Crippen LogP contribution is -2.16. The van der Waals surface area contributed by atoms with Crippen molar-refractivity contribution in [1.29, 1.82) is 0 Å². The van der Waals surface area contributed by atoms with Crippen LogP contribution in [0.15, 0.2) is 35.8 Å². The highest BCUT2D eigenvalue weighted by atomic mass is 35.5. The second kappa shape index (κ2) is 5.34. The van der Waals surface area contributed by atoms with Gasteiger partial charge >= 0.3 is 0 Å². The largest absolute Gasteiger partial charge is 0.283 e. The molecular weight excluding hydrogens is 316 g/mol. The van der Waals surface area contributed by atoms with E-state index in [0.29, 0.717) is 0 Å². The SMILES string of the molecule is C[Si](C)(C)C#Cc1c(-c2ccc(Cl)cc2)nc2sccn12. The quantitative estimate of drug-likeness (QED) is 0.456. The molecule has 2 aromatic heterocycles. The van der Waals surface area contributed by atoms with Crippen LogP contribution in [-0.2, 0) is 0 Å². The van der Waals surface area contributed by atoms with Gasteiger partial charge in [-0.1, -0.05) is 49.3 Å². The maximum Gasteiger partial charge on any atom is 0.195 e. The summed E-state index contributed by atoms with van der Waals surface area (Å²) in [6.45, 7) is 6.73. The Kier molecular flexibility index (Phi) is 3.66. The van der Waals surface area contributed by atoms with Crippen molar-refractivity contribution in [3.05, 3.63) is 46.6 Å². The molecule has 0 fully saturated rings. The molecule has 0 atom stereocenters. The molecule has 5 heteroatoms. The standard InChI is InChI=1S/C16H15ClN2SSi/c1-21(2,3)11-8-14-15(12-4-6-13(17)7-5-12)18-16-19(14)9-10-20-16/h4-7,9-10H,1-3H3. The molecule has 0 saturated heterocycles. The highest BCUT2D eigenvalue weighted by Gasteiger charge is 2.14. The van der Waals surface area contributed by atoms with Gasteiger partial charge in [-0.3, -0.25) is 4.40 Å². The first kappa shape index (κ1) is 14.4. The molecule has 0 amide bonds. The molecule has 0 saturated carbocycles. The molecule has 0 radical (unpaired) electrons. The zero-order chi connectivity index (χ0) is 15.0. The van der Waals surface area contributed by atoms with E-state index in [1.54, 1.807) is 11.3 Å². The van der Waals surface area contributed by atoms with Gasteiger partial charge in [-0.2, -0.15) is 0 Å². The minimum Gasteiger partial charge on any atom is -0.283 e. The second-order valence-corrected chi connectivity index (χ2v) is 11.9. The summed E-state index contributed by atoms with van der Waals surface area (Å²) >= 11 is 7.59. The van der Waals surface area contributed by atoms with E-state index in [2.05, 4.69) is 35.5 Å². The predicted octanol–water partition coefficient (Wildman–Crippen LogP) is 4.95. The fourth-order valence-electron chi connectivity index (χ4n) is 1.96. The fourth-order valence-corrected chi connectivity index (χ4v) is 3.29. The van der Waals surface area contributed by atoms with E-state index >= 15 is 0 Å². The molecule has 0 aliphatic heterocycles. The van der Waals surface area contributed by atoms with Gasteiger partial charge in [-0.05, 0) is 12.1 Å². The van der Waals surface area contributed by atoms with E-state index in [4.69, 9.17) is 16.6 Å². The van der Waals surface area contributed by atoms with Gasteiger partial charge in [0.15, 0.2) is 4.96 Å². The van der Waals surface area contributed by atoms with E-state index < -0.39 is 8.07 Å². The molecule has 2 nitrogen and oxygen atoms in total. The highest BCUT2D eigenvalue weighted by Crippen LogP contribution is 2.27. The lowest BCUT2D eigenvalue weighted by molar-refractivity contribution is 1.20. The molecule has 0 bridgehead atoms. The van der Waals surface area contributed by atoms with Crippen LogP contribution in [0.25, 0.3) is 16.2 Å². The lowest BCUT2D eigenvalue weighted by Gasteiger charge is -2.04. The van der Waals surface area contributed by atoms with Crippen molar-refractivity contribution < 1.29 is 0 Å². The number of halogens is 1. The van der Waals surface area contributed by atoms with Crippen LogP contribution in [0.4, 0.5) is 0 Å². The van der Waals surface area contributed by atoms with Gasteiger partial charge in [0.05, 0.1) is 0 Å². The van der Waals surface area contributed by atoms with Gasteiger partial charge in [-0.15, -0.1) is 16.9 Å². The Morgan fingerprint density at radius 1 is 1.19 bits per heavy atom. The average Bonchev–Trinajstić information content (AvgIpc) is 2.97. The fraction of sp³-hybridized carbons (Fsp3) is 0.188. The smallest absolute Gasteiger partial charge is 0.195 e. The Morgan fingerprint density at radius 2 is 1.90 bits per heavy atom. The van der Waals surface area contributed by atoms with Gasteiger partial charge in [-0.25, -0.2) is 4.98 Å². The molecule has 2 heterocycles. The van der Waals surface area contributed by atoms with Crippen LogP contribution in [0.5, 0.6) is 0 Å². The third-order valence-electron chi connectivity index (χ3n) is 2.94. The molecule has 3 rings (SSSR count). The number of nitrogens with zero attached hydrogens (tertiary/aromatic N) is 2. The second-order valence-electron chi connectivity index (χ2n) is 5.87. The predicted molar refractivity (Wildman–Crippen MR) is 93.7 cm³/mol. The molecule has 0 spiro atoms. The van der Waals surface area contributed by atoms with Crippen LogP contribution < -0.4 is 0 Å². The van der Waals surface area contributed by atoms with E-state index in [9.17, 15) is 0 Å². The first-order valence-corrected chi connectivity index (χ1v) is 11.4. The topological polar surface area (TPSA) is 17.3 Å². The third kappa shape index (κ3) is 3.05. The number of aromatic nitrogens is 2. The van der Waals surface area contributed by atoms with Crippen molar-refractivity contribution in [2.45, 2.75) is 19.6 Å². The number of thiazole rings is 1. The lowest BCUT2D eigenvalue weighted by atomic mass is 10.1. The summed E-state index contributed by atoms with van der Waals surface area (Å²) in [6.07, 6.45) is 2.03. The Morgan fingerprint density at radius 3 is 2.57 bits per heavy atom. The summed E-state index contributed by atoms with van der Waals surface area (Å²) in [5, 5.41) is 2.77. The first-order valence-electron chi connectivity index (χ1n) is 6.69. The van der Waals surface area contributed by atoms with E-state index in [1.807, 2.05) is 35.8 Å². The Hall–Kier alpha value is -1.54. The van der Waals surface area contributed by atoms with E-state index in [1.165, 1.54) is 0 Å². The van der Waals surface area contributed by atoms with Crippen molar-refractivity contribution in [1.82, 2.24) is 9.38 Å². The summed E-state index contributed by atoms with van der Waals surface area (Å²) in [5.74, 6) is 3.36. The van der Waals surface area contributed by atoms with Crippen LogP contribution in [0.3, 0.4) is 0 Å². The number of benzene rings is 1. The first-order chi connectivity index (χ1) is 9.94. The van der Waals surface area contributed by atoms with Crippen molar-refractivity contribution >= 4 is 36.0 Å². The zero-order valence-electron chi connectivity index (χ0n) is 12.1. The van der Waals surface area contributed by atoms with E-state index in [-0.39, 0.29) is 0 Å². The molecule has 0 aliphatic carbocycles. The molecule has 0 unspecified atom stereocenters. The van der Waals surface area contributed by atoms with Crippen LogP contribution in [-0.4, -0.2) is 17.5 Å². The minimum atomic E-state index is -1.43.